The number of amides is 1. The highest BCUT2D eigenvalue weighted by atomic mass is 16.5. The molecule has 0 atom stereocenters. The average molecular weight is 377 g/mol. The molecule has 2 N–H and O–H groups in total. The third-order valence-electron chi connectivity index (χ3n) is 4.15. The predicted molar refractivity (Wildman–Crippen MR) is 110 cm³/mol. The zero-order chi connectivity index (χ0) is 19.8. The minimum Gasteiger partial charge on any atom is -0.497 e. The molecule has 3 rings (SSSR count). The summed E-state index contributed by atoms with van der Waals surface area (Å²) in [6.07, 6.45) is 1.61. The number of rotatable bonds is 8. The van der Waals surface area contributed by atoms with Crippen LogP contribution < -0.4 is 20.1 Å². The standard InChI is InChI=1S/C22H23N3O3/c1-16-5-3-4-6-20(16)25-21-15-17(11-12-23-21)22(26)24-13-14-28-19-9-7-18(27-2)8-10-19/h3-12,15H,13-14H2,1-2H3,(H,23,25)(H,24,26). The minimum atomic E-state index is -0.173. The molecule has 0 spiro atoms. The first-order valence-electron chi connectivity index (χ1n) is 8.99. The molecule has 0 unspecified atom stereocenters. The van der Waals surface area contributed by atoms with Crippen LogP contribution in [0.1, 0.15) is 15.9 Å². The van der Waals surface area contributed by atoms with Crippen molar-refractivity contribution < 1.29 is 14.3 Å². The molecule has 6 nitrogen and oxygen atoms in total. The summed E-state index contributed by atoms with van der Waals surface area (Å²) in [5, 5.41) is 6.09. The van der Waals surface area contributed by atoms with Gasteiger partial charge in [0.05, 0.1) is 13.7 Å². The average Bonchev–Trinajstić information content (AvgIpc) is 2.73. The van der Waals surface area contributed by atoms with Gasteiger partial charge in [-0.1, -0.05) is 18.2 Å². The van der Waals surface area contributed by atoms with E-state index >= 15 is 0 Å². The van der Waals surface area contributed by atoms with Crippen LogP contribution in [0.2, 0.25) is 0 Å². The number of carbonyl (C=O) groups is 1. The molecule has 1 amide bonds. The van der Waals surface area contributed by atoms with Crippen LogP contribution >= 0.6 is 0 Å². The van der Waals surface area contributed by atoms with Gasteiger partial charge >= 0.3 is 0 Å². The molecule has 1 heterocycles. The van der Waals surface area contributed by atoms with Gasteiger partial charge in [-0.2, -0.15) is 0 Å². The summed E-state index contributed by atoms with van der Waals surface area (Å²) in [7, 11) is 1.62. The van der Waals surface area contributed by atoms with E-state index in [-0.39, 0.29) is 5.91 Å². The van der Waals surface area contributed by atoms with Crippen molar-refractivity contribution in [2.24, 2.45) is 0 Å². The Hall–Kier alpha value is -3.54. The van der Waals surface area contributed by atoms with Crippen molar-refractivity contribution >= 4 is 17.4 Å². The van der Waals surface area contributed by atoms with E-state index in [1.807, 2.05) is 55.5 Å². The maximum Gasteiger partial charge on any atom is 0.251 e. The predicted octanol–water partition coefficient (Wildman–Crippen LogP) is 3.95. The zero-order valence-electron chi connectivity index (χ0n) is 15.9. The van der Waals surface area contributed by atoms with Gasteiger partial charge in [-0.25, -0.2) is 4.98 Å². The number of methoxy groups -OCH3 is 1. The number of hydrogen-bond acceptors (Lipinski definition) is 5. The fourth-order valence-electron chi connectivity index (χ4n) is 2.60. The number of nitrogens with zero attached hydrogens (tertiary/aromatic N) is 1. The van der Waals surface area contributed by atoms with E-state index in [1.165, 1.54) is 0 Å². The van der Waals surface area contributed by atoms with Gasteiger partial charge in [0.2, 0.25) is 0 Å². The second-order valence-corrected chi connectivity index (χ2v) is 6.15. The van der Waals surface area contributed by atoms with Gasteiger partial charge in [0.1, 0.15) is 23.9 Å². The minimum absolute atomic E-state index is 0.173. The first-order chi connectivity index (χ1) is 13.7. The molecule has 28 heavy (non-hydrogen) atoms. The lowest BCUT2D eigenvalue weighted by molar-refractivity contribution is 0.0947. The smallest absolute Gasteiger partial charge is 0.251 e. The lowest BCUT2D eigenvalue weighted by atomic mass is 10.2. The Morgan fingerprint density at radius 1 is 1.04 bits per heavy atom. The highest BCUT2D eigenvalue weighted by Crippen LogP contribution is 2.19. The normalized spacial score (nSPS) is 10.2. The van der Waals surface area contributed by atoms with Crippen LogP contribution in [-0.2, 0) is 0 Å². The van der Waals surface area contributed by atoms with Crippen molar-refractivity contribution in [1.82, 2.24) is 10.3 Å². The molecule has 144 valence electrons. The van der Waals surface area contributed by atoms with Crippen molar-refractivity contribution in [3.05, 3.63) is 78.0 Å². The molecule has 0 saturated heterocycles. The van der Waals surface area contributed by atoms with Crippen molar-refractivity contribution in [2.75, 3.05) is 25.6 Å². The SMILES string of the molecule is COc1ccc(OCCNC(=O)c2ccnc(Nc3ccccc3C)c2)cc1. The number of carbonyl (C=O) groups excluding carboxylic acids is 1. The Labute approximate surface area is 164 Å². The molecule has 0 fully saturated rings. The summed E-state index contributed by atoms with van der Waals surface area (Å²) < 4.78 is 10.7. The van der Waals surface area contributed by atoms with Crippen molar-refractivity contribution in [1.29, 1.82) is 0 Å². The number of pyridine rings is 1. The van der Waals surface area contributed by atoms with Crippen LogP contribution in [0, 0.1) is 6.92 Å². The monoisotopic (exact) mass is 377 g/mol. The Morgan fingerprint density at radius 2 is 1.79 bits per heavy atom. The number of hydrogen-bond donors (Lipinski definition) is 2. The van der Waals surface area contributed by atoms with E-state index in [2.05, 4.69) is 15.6 Å². The summed E-state index contributed by atoms with van der Waals surface area (Å²) in [6, 6.07) is 18.6. The molecule has 0 radical (unpaired) electrons. The summed E-state index contributed by atoms with van der Waals surface area (Å²) >= 11 is 0. The van der Waals surface area contributed by atoms with Gasteiger partial charge in [-0.15, -0.1) is 0 Å². The van der Waals surface area contributed by atoms with E-state index in [9.17, 15) is 4.79 Å². The number of anilines is 2. The summed E-state index contributed by atoms with van der Waals surface area (Å²) in [4.78, 5) is 16.7. The van der Waals surface area contributed by atoms with Crippen LogP contribution in [0.25, 0.3) is 0 Å². The van der Waals surface area contributed by atoms with Crippen LogP contribution in [0.4, 0.5) is 11.5 Å². The van der Waals surface area contributed by atoms with E-state index in [0.29, 0.717) is 24.5 Å². The number of nitrogens with one attached hydrogen (secondary N) is 2. The molecular weight excluding hydrogens is 354 g/mol. The van der Waals surface area contributed by atoms with Gasteiger partial charge in [0, 0.05) is 17.4 Å². The van der Waals surface area contributed by atoms with Gasteiger partial charge in [-0.05, 0) is 55.0 Å². The summed E-state index contributed by atoms with van der Waals surface area (Å²) in [5.41, 5.74) is 2.60. The molecule has 2 aromatic carbocycles. The molecule has 0 saturated carbocycles. The van der Waals surface area contributed by atoms with E-state index in [0.717, 1.165) is 22.7 Å². The Morgan fingerprint density at radius 3 is 2.54 bits per heavy atom. The molecule has 0 aliphatic heterocycles. The third-order valence-corrected chi connectivity index (χ3v) is 4.15. The Bertz CT molecular complexity index is 926. The molecule has 3 aromatic rings. The summed E-state index contributed by atoms with van der Waals surface area (Å²) in [5.74, 6) is 1.95. The van der Waals surface area contributed by atoms with Crippen LogP contribution in [0.5, 0.6) is 11.5 Å². The van der Waals surface area contributed by atoms with Crippen molar-refractivity contribution in [2.45, 2.75) is 6.92 Å². The number of benzene rings is 2. The zero-order valence-corrected chi connectivity index (χ0v) is 15.9. The number of ether oxygens (including phenoxy) is 2. The maximum absolute atomic E-state index is 12.4. The molecule has 0 bridgehead atoms. The van der Waals surface area contributed by atoms with Crippen molar-refractivity contribution in [3.63, 3.8) is 0 Å². The largest absolute Gasteiger partial charge is 0.497 e. The first-order valence-corrected chi connectivity index (χ1v) is 8.99. The molecule has 0 aliphatic carbocycles. The van der Waals surface area contributed by atoms with Crippen LogP contribution in [0.3, 0.4) is 0 Å². The Balaban J connectivity index is 1.50. The molecular formula is C22H23N3O3. The van der Waals surface area contributed by atoms with Crippen LogP contribution in [0.15, 0.2) is 66.9 Å². The van der Waals surface area contributed by atoms with E-state index in [1.54, 1.807) is 25.4 Å². The third kappa shape index (κ3) is 5.23. The number of para-hydroxylation sites is 1. The second-order valence-electron chi connectivity index (χ2n) is 6.15. The maximum atomic E-state index is 12.4. The van der Waals surface area contributed by atoms with Gasteiger partial charge in [0.15, 0.2) is 0 Å². The number of aromatic nitrogens is 1. The van der Waals surface area contributed by atoms with Gasteiger partial charge < -0.3 is 20.1 Å². The van der Waals surface area contributed by atoms with E-state index < -0.39 is 0 Å². The van der Waals surface area contributed by atoms with E-state index in [4.69, 9.17) is 9.47 Å². The topological polar surface area (TPSA) is 72.5 Å². The van der Waals surface area contributed by atoms with Crippen molar-refractivity contribution in [3.8, 4) is 11.5 Å². The number of aryl methyl sites for hydroxylation is 1. The lowest BCUT2D eigenvalue weighted by Crippen LogP contribution is -2.28. The van der Waals surface area contributed by atoms with Gasteiger partial charge in [-0.3, -0.25) is 4.79 Å². The fourth-order valence-corrected chi connectivity index (χ4v) is 2.60. The summed E-state index contributed by atoms with van der Waals surface area (Å²) in [6.45, 7) is 2.78. The Kier molecular flexibility index (Phi) is 6.46. The molecule has 1 aromatic heterocycles. The second kappa shape index (κ2) is 9.41. The highest BCUT2D eigenvalue weighted by molar-refractivity contribution is 5.94. The van der Waals surface area contributed by atoms with Gasteiger partial charge in [0.25, 0.3) is 5.91 Å². The molecule has 0 aliphatic rings. The highest BCUT2D eigenvalue weighted by Gasteiger charge is 2.07. The quantitative estimate of drug-likeness (QED) is 0.582. The van der Waals surface area contributed by atoms with Crippen LogP contribution in [-0.4, -0.2) is 31.2 Å². The molecule has 6 heteroatoms. The fraction of sp³-hybridized carbons (Fsp3) is 0.182. The first kappa shape index (κ1) is 19.2. The lowest BCUT2D eigenvalue weighted by Gasteiger charge is -2.11.